The molecule has 70 valence electrons. The van der Waals surface area contributed by atoms with Gasteiger partial charge in [0.2, 0.25) is 0 Å². The van der Waals surface area contributed by atoms with Gasteiger partial charge in [0.15, 0.2) is 0 Å². The van der Waals surface area contributed by atoms with Crippen molar-refractivity contribution in [1.82, 2.24) is 4.90 Å². The normalized spacial score (nSPS) is 12.2. The molecule has 12 heavy (non-hydrogen) atoms. The Balaban J connectivity index is 4.10. The van der Waals surface area contributed by atoms with Crippen LogP contribution < -0.4 is 0 Å². The molecule has 0 aliphatic heterocycles. The Labute approximate surface area is 74.0 Å². The van der Waals surface area contributed by atoms with E-state index in [0.29, 0.717) is 0 Å². The fraction of sp³-hybridized carbons (Fsp3) is 0.667. The Morgan fingerprint density at radius 1 is 1.75 bits per heavy atom. The van der Waals surface area contributed by atoms with E-state index in [0.717, 1.165) is 12.8 Å². The number of amides is 1. The van der Waals surface area contributed by atoms with Gasteiger partial charge in [0.25, 0.3) is 5.91 Å². The average Bonchev–Trinajstić information content (AvgIpc) is 2.11. The third-order valence-corrected chi connectivity index (χ3v) is 1.73. The van der Waals surface area contributed by atoms with Crippen molar-refractivity contribution in [2.24, 2.45) is 0 Å². The van der Waals surface area contributed by atoms with Gasteiger partial charge < -0.3 is 9.64 Å². The van der Waals surface area contributed by atoms with Crippen molar-refractivity contribution in [2.45, 2.75) is 25.9 Å². The fourth-order valence-electron chi connectivity index (χ4n) is 0.921. The van der Waals surface area contributed by atoms with Gasteiger partial charge >= 0.3 is 0 Å². The van der Waals surface area contributed by atoms with Crippen LogP contribution >= 0.6 is 0 Å². The lowest BCUT2D eigenvalue weighted by molar-refractivity contribution is -0.138. The molecule has 0 rings (SSSR count). The van der Waals surface area contributed by atoms with Crippen LogP contribution in [0.15, 0.2) is 12.8 Å². The van der Waals surface area contributed by atoms with Gasteiger partial charge in [0, 0.05) is 14.2 Å². The monoisotopic (exact) mass is 171 g/mol. The molecular weight excluding hydrogens is 154 g/mol. The molecule has 0 aromatic carbocycles. The summed E-state index contributed by atoms with van der Waals surface area (Å²) in [5.41, 5.74) is 0. The molecule has 0 bridgehead atoms. The summed E-state index contributed by atoms with van der Waals surface area (Å²) in [7, 11) is 3.23. The maximum atomic E-state index is 11.4. The van der Waals surface area contributed by atoms with E-state index in [4.69, 9.17) is 4.74 Å². The summed E-state index contributed by atoms with van der Waals surface area (Å²) in [5.74, 6) is -0.0330. The van der Waals surface area contributed by atoms with E-state index in [2.05, 4.69) is 6.58 Å². The molecule has 1 atom stereocenters. The van der Waals surface area contributed by atoms with Crippen molar-refractivity contribution in [2.75, 3.05) is 14.2 Å². The van der Waals surface area contributed by atoms with Crippen molar-refractivity contribution in [3.63, 3.8) is 0 Å². The highest BCUT2D eigenvalue weighted by molar-refractivity contribution is 5.81. The molecule has 0 aromatic rings. The highest BCUT2D eigenvalue weighted by Gasteiger charge is 2.18. The van der Waals surface area contributed by atoms with Crippen LogP contribution in [0.1, 0.15) is 19.8 Å². The van der Waals surface area contributed by atoms with E-state index in [1.165, 1.54) is 11.1 Å². The predicted molar refractivity (Wildman–Crippen MR) is 48.7 cm³/mol. The molecule has 0 saturated carbocycles. The van der Waals surface area contributed by atoms with Gasteiger partial charge in [-0.15, -0.1) is 0 Å². The lowest BCUT2D eigenvalue weighted by Gasteiger charge is -2.18. The van der Waals surface area contributed by atoms with Gasteiger partial charge in [0.05, 0.1) is 0 Å². The van der Waals surface area contributed by atoms with Crippen LogP contribution in [0.25, 0.3) is 0 Å². The van der Waals surface area contributed by atoms with Gasteiger partial charge in [-0.25, -0.2) is 0 Å². The molecule has 3 nitrogen and oxygen atoms in total. The van der Waals surface area contributed by atoms with Gasteiger partial charge in [0.1, 0.15) is 6.10 Å². The van der Waals surface area contributed by atoms with Gasteiger partial charge in [-0.05, 0) is 12.6 Å². The summed E-state index contributed by atoms with van der Waals surface area (Å²) in [6.45, 7) is 5.53. The first-order valence-electron chi connectivity index (χ1n) is 4.09. The Kier molecular flexibility index (Phi) is 5.37. The zero-order chi connectivity index (χ0) is 9.56. The zero-order valence-electron chi connectivity index (χ0n) is 8.04. The third-order valence-electron chi connectivity index (χ3n) is 1.73. The van der Waals surface area contributed by atoms with Gasteiger partial charge in [-0.2, -0.15) is 0 Å². The SMILES string of the molecule is C=CN(C)C(=O)C(CCC)OC. The second-order valence-electron chi connectivity index (χ2n) is 2.64. The topological polar surface area (TPSA) is 29.5 Å². The molecular formula is C9H17NO2. The molecule has 1 unspecified atom stereocenters. The summed E-state index contributed by atoms with van der Waals surface area (Å²) in [5, 5.41) is 0. The molecule has 0 N–H and O–H groups in total. The summed E-state index contributed by atoms with van der Waals surface area (Å²) >= 11 is 0. The number of hydrogen-bond donors (Lipinski definition) is 0. The minimum absolute atomic E-state index is 0.0330. The van der Waals surface area contributed by atoms with E-state index in [9.17, 15) is 4.79 Å². The number of nitrogens with zero attached hydrogens (tertiary/aromatic N) is 1. The molecule has 0 saturated heterocycles. The Morgan fingerprint density at radius 3 is 2.67 bits per heavy atom. The fourth-order valence-corrected chi connectivity index (χ4v) is 0.921. The average molecular weight is 171 g/mol. The lowest BCUT2D eigenvalue weighted by atomic mass is 10.2. The first-order chi connectivity index (χ1) is 5.67. The first kappa shape index (κ1) is 11.2. The third kappa shape index (κ3) is 3.05. The van der Waals surface area contributed by atoms with Gasteiger partial charge in [-0.1, -0.05) is 19.9 Å². The van der Waals surface area contributed by atoms with Crippen molar-refractivity contribution >= 4 is 5.91 Å². The van der Waals surface area contributed by atoms with E-state index < -0.39 is 0 Å². The van der Waals surface area contributed by atoms with Crippen LogP contribution in [0.5, 0.6) is 0 Å². The van der Waals surface area contributed by atoms with Crippen LogP contribution in [-0.4, -0.2) is 31.1 Å². The highest BCUT2D eigenvalue weighted by Crippen LogP contribution is 2.04. The smallest absolute Gasteiger partial charge is 0.255 e. The molecule has 0 spiro atoms. The molecule has 0 fully saturated rings. The Morgan fingerprint density at radius 2 is 2.33 bits per heavy atom. The van der Waals surface area contributed by atoms with E-state index in [1.807, 2.05) is 6.92 Å². The molecule has 0 radical (unpaired) electrons. The largest absolute Gasteiger partial charge is 0.372 e. The summed E-state index contributed by atoms with van der Waals surface area (Å²) in [4.78, 5) is 12.9. The maximum Gasteiger partial charge on any atom is 0.255 e. The number of hydrogen-bond acceptors (Lipinski definition) is 2. The minimum Gasteiger partial charge on any atom is -0.372 e. The molecule has 3 heteroatoms. The molecule has 0 aliphatic rings. The Bertz CT molecular complexity index is 157. The van der Waals surface area contributed by atoms with E-state index in [-0.39, 0.29) is 12.0 Å². The maximum absolute atomic E-state index is 11.4. The molecule has 0 heterocycles. The van der Waals surface area contributed by atoms with Gasteiger partial charge in [-0.3, -0.25) is 4.79 Å². The molecule has 0 aromatic heterocycles. The lowest BCUT2D eigenvalue weighted by Crippen LogP contribution is -2.34. The van der Waals surface area contributed by atoms with Crippen molar-refractivity contribution in [1.29, 1.82) is 0 Å². The summed E-state index contributed by atoms with van der Waals surface area (Å²) < 4.78 is 5.04. The molecule has 0 aliphatic carbocycles. The second kappa shape index (κ2) is 5.77. The summed E-state index contributed by atoms with van der Waals surface area (Å²) in [6.07, 6.45) is 2.87. The second-order valence-corrected chi connectivity index (χ2v) is 2.64. The van der Waals surface area contributed by atoms with Crippen molar-refractivity contribution in [3.8, 4) is 0 Å². The number of carbonyl (C=O) groups excluding carboxylic acids is 1. The standard InChI is InChI=1S/C9H17NO2/c1-5-7-8(12-4)9(11)10(3)6-2/h6,8H,2,5,7H2,1,3-4H3. The van der Waals surface area contributed by atoms with Crippen molar-refractivity contribution < 1.29 is 9.53 Å². The first-order valence-corrected chi connectivity index (χ1v) is 4.09. The zero-order valence-corrected chi connectivity index (χ0v) is 8.04. The predicted octanol–water partition coefficient (Wildman–Crippen LogP) is 1.40. The number of rotatable bonds is 5. The highest BCUT2D eigenvalue weighted by atomic mass is 16.5. The molecule has 1 amide bonds. The van der Waals surface area contributed by atoms with Crippen LogP contribution in [-0.2, 0) is 9.53 Å². The number of likely N-dealkylation sites (N-methyl/N-ethyl adjacent to an activating group) is 1. The number of carbonyl (C=O) groups is 1. The van der Waals surface area contributed by atoms with Crippen LogP contribution in [0, 0.1) is 0 Å². The van der Waals surface area contributed by atoms with Crippen molar-refractivity contribution in [3.05, 3.63) is 12.8 Å². The quantitative estimate of drug-likeness (QED) is 0.625. The summed E-state index contributed by atoms with van der Waals surface area (Å²) in [6, 6.07) is 0. The Hall–Kier alpha value is -0.830. The number of ether oxygens (including phenoxy) is 1. The van der Waals surface area contributed by atoms with Crippen LogP contribution in [0.4, 0.5) is 0 Å². The van der Waals surface area contributed by atoms with E-state index in [1.54, 1.807) is 14.2 Å². The van der Waals surface area contributed by atoms with E-state index >= 15 is 0 Å². The van der Waals surface area contributed by atoms with Crippen LogP contribution in [0.2, 0.25) is 0 Å². The number of methoxy groups -OCH3 is 1. The van der Waals surface area contributed by atoms with Crippen LogP contribution in [0.3, 0.4) is 0 Å². The minimum atomic E-state index is -0.321.